The van der Waals surface area contributed by atoms with Gasteiger partial charge in [-0.1, -0.05) is 25.1 Å². The van der Waals surface area contributed by atoms with Crippen LogP contribution in [0.25, 0.3) is 11.1 Å². The minimum atomic E-state index is 0.167. The Balaban J connectivity index is 1.99. The van der Waals surface area contributed by atoms with Gasteiger partial charge in [0.25, 0.3) is 0 Å². The first kappa shape index (κ1) is 13.3. The van der Waals surface area contributed by atoms with Gasteiger partial charge in [0, 0.05) is 18.9 Å². The summed E-state index contributed by atoms with van der Waals surface area (Å²) in [6.45, 7) is 4.77. The van der Waals surface area contributed by atoms with Crippen LogP contribution in [0.1, 0.15) is 24.2 Å². The van der Waals surface area contributed by atoms with Crippen LogP contribution in [0.3, 0.4) is 0 Å². The van der Waals surface area contributed by atoms with Crippen LogP contribution in [0.2, 0.25) is 0 Å². The first-order valence-corrected chi connectivity index (χ1v) is 7.24. The topological polar surface area (TPSA) is 34.1 Å². The van der Waals surface area contributed by atoms with Crippen molar-refractivity contribution in [1.82, 2.24) is 10.3 Å². The molecular weight excluding hydrogens is 248 g/mol. The van der Waals surface area contributed by atoms with Crippen molar-refractivity contribution in [3.05, 3.63) is 53.9 Å². The maximum absolute atomic E-state index is 5.92. The first-order valence-electron chi connectivity index (χ1n) is 7.24. The third-order valence-electron chi connectivity index (χ3n) is 3.80. The predicted molar refractivity (Wildman–Crippen MR) is 80.6 cm³/mol. The van der Waals surface area contributed by atoms with E-state index in [0.717, 1.165) is 26.1 Å². The summed E-state index contributed by atoms with van der Waals surface area (Å²) >= 11 is 0. The van der Waals surface area contributed by atoms with Gasteiger partial charge in [-0.05, 0) is 47.4 Å². The number of nitrogens with one attached hydrogen (secondary N) is 1. The SMILES string of the molecule is CCNC[C@H]1OCCc2c(-c3ccncc3)cccc21. The average Bonchev–Trinajstić information content (AvgIpc) is 2.53. The van der Waals surface area contributed by atoms with Crippen molar-refractivity contribution in [2.75, 3.05) is 19.7 Å². The molecule has 0 saturated heterocycles. The van der Waals surface area contributed by atoms with Crippen LogP contribution in [0, 0.1) is 0 Å². The molecule has 3 rings (SSSR count). The van der Waals surface area contributed by atoms with E-state index in [9.17, 15) is 0 Å². The van der Waals surface area contributed by atoms with Crippen molar-refractivity contribution >= 4 is 0 Å². The minimum absolute atomic E-state index is 0.167. The monoisotopic (exact) mass is 268 g/mol. The number of fused-ring (bicyclic) bond motifs is 1. The zero-order chi connectivity index (χ0) is 13.8. The first-order chi connectivity index (χ1) is 9.90. The van der Waals surface area contributed by atoms with Gasteiger partial charge < -0.3 is 10.1 Å². The molecule has 2 heterocycles. The van der Waals surface area contributed by atoms with Crippen LogP contribution in [-0.2, 0) is 11.2 Å². The molecule has 0 amide bonds. The second-order valence-corrected chi connectivity index (χ2v) is 5.03. The standard InChI is InChI=1S/C17H20N2O/c1-2-18-12-17-16-5-3-4-14(15(16)8-11-20-17)13-6-9-19-10-7-13/h3-7,9-10,17-18H,2,8,11-12H2,1H3/t17-/m1/s1. The summed E-state index contributed by atoms with van der Waals surface area (Å²) in [5.74, 6) is 0. The highest BCUT2D eigenvalue weighted by atomic mass is 16.5. The Morgan fingerprint density at radius 1 is 1.25 bits per heavy atom. The fourth-order valence-electron chi connectivity index (χ4n) is 2.82. The molecule has 3 nitrogen and oxygen atoms in total. The number of benzene rings is 1. The number of hydrogen-bond donors (Lipinski definition) is 1. The lowest BCUT2D eigenvalue weighted by Gasteiger charge is -2.28. The highest BCUT2D eigenvalue weighted by Crippen LogP contribution is 2.33. The normalized spacial score (nSPS) is 17.8. The van der Waals surface area contributed by atoms with E-state index in [1.165, 1.54) is 22.3 Å². The molecule has 1 aromatic carbocycles. The van der Waals surface area contributed by atoms with E-state index in [1.54, 1.807) is 0 Å². The zero-order valence-corrected chi connectivity index (χ0v) is 11.8. The summed E-state index contributed by atoms with van der Waals surface area (Å²) < 4.78 is 5.92. The summed E-state index contributed by atoms with van der Waals surface area (Å²) in [5, 5.41) is 3.38. The maximum atomic E-state index is 5.92. The third-order valence-corrected chi connectivity index (χ3v) is 3.80. The van der Waals surface area contributed by atoms with E-state index < -0.39 is 0 Å². The number of pyridine rings is 1. The molecule has 0 aliphatic carbocycles. The number of nitrogens with zero attached hydrogens (tertiary/aromatic N) is 1. The van der Waals surface area contributed by atoms with Crippen molar-refractivity contribution in [2.24, 2.45) is 0 Å². The Hall–Kier alpha value is -1.71. The second-order valence-electron chi connectivity index (χ2n) is 5.03. The lowest BCUT2D eigenvalue weighted by molar-refractivity contribution is 0.0431. The Morgan fingerprint density at radius 3 is 2.90 bits per heavy atom. The number of ether oxygens (including phenoxy) is 1. The fourth-order valence-corrected chi connectivity index (χ4v) is 2.82. The van der Waals surface area contributed by atoms with E-state index in [0.29, 0.717) is 0 Å². The average molecular weight is 268 g/mol. The van der Waals surface area contributed by atoms with Gasteiger partial charge in [-0.2, -0.15) is 0 Å². The number of aromatic nitrogens is 1. The van der Waals surface area contributed by atoms with E-state index in [-0.39, 0.29) is 6.10 Å². The van der Waals surface area contributed by atoms with Gasteiger partial charge in [0.15, 0.2) is 0 Å². The fraction of sp³-hybridized carbons (Fsp3) is 0.353. The largest absolute Gasteiger partial charge is 0.372 e. The highest BCUT2D eigenvalue weighted by molar-refractivity contribution is 5.69. The van der Waals surface area contributed by atoms with Crippen molar-refractivity contribution in [3.8, 4) is 11.1 Å². The highest BCUT2D eigenvalue weighted by Gasteiger charge is 2.22. The lowest BCUT2D eigenvalue weighted by Crippen LogP contribution is -2.27. The molecule has 1 aromatic heterocycles. The Kier molecular flexibility index (Phi) is 4.09. The van der Waals surface area contributed by atoms with E-state index in [1.807, 2.05) is 12.4 Å². The number of rotatable bonds is 4. The Labute approximate surface area is 120 Å². The third kappa shape index (κ3) is 2.60. The van der Waals surface area contributed by atoms with Gasteiger partial charge in [-0.15, -0.1) is 0 Å². The van der Waals surface area contributed by atoms with Crippen molar-refractivity contribution < 1.29 is 4.74 Å². The quantitative estimate of drug-likeness (QED) is 0.925. The zero-order valence-electron chi connectivity index (χ0n) is 11.8. The van der Waals surface area contributed by atoms with Gasteiger partial charge in [0.2, 0.25) is 0 Å². The molecule has 1 atom stereocenters. The molecule has 1 aliphatic rings. The Morgan fingerprint density at radius 2 is 2.10 bits per heavy atom. The van der Waals surface area contributed by atoms with Crippen molar-refractivity contribution in [1.29, 1.82) is 0 Å². The molecule has 1 aliphatic heterocycles. The predicted octanol–water partition coefficient (Wildman–Crippen LogP) is 2.97. The van der Waals surface area contributed by atoms with E-state index >= 15 is 0 Å². The van der Waals surface area contributed by atoms with Gasteiger partial charge in [-0.25, -0.2) is 0 Å². The van der Waals surface area contributed by atoms with Gasteiger partial charge in [0.1, 0.15) is 0 Å². The molecule has 20 heavy (non-hydrogen) atoms. The molecule has 0 fully saturated rings. The van der Waals surface area contributed by atoms with Gasteiger partial charge in [0.05, 0.1) is 12.7 Å². The molecule has 104 valence electrons. The maximum Gasteiger partial charge on any atom is 0.0952 e. The number of hydrogen-bond acceptors (Lipinski definition) is 3. The summed E-state index contributed by atoms with van der Waals surface area (Å²) in [6.07, 6.45) is 4.85. The smallest absolute Gasteiger partial charge is 0.0952 e. The lowest BCUT2D eigenvalue weighted by atomic mass is 9.90. The van der Waals surface area contributed by atoms with E-state index in [4.69, 9.17) is 4.74 Å². The molecule has 0 spiro atoms. The molecular formula is C17H20N2O. The van der Waals surface area contributed by atoms with E-state index in [2.05, 4.69) is 47.6 Å². The summed E-state index contributed by atoms with van der Waals surface area (Å²) in [6, 6.07) is 10.7. The van der Waals surface area contributed by atoms with Gasteiger partial charge in [-0.3, -0.25) is 4.98 Å². The summed E-state index contributed by atoms with van der Waals surface area (Å²) in [5.41, 5.74) is 5.30. The molecule has 2 aromatic rings. The molecule has 0 radical (unpaired) electrons. The molecule has 3 heteroatoms. The van der Waals surface area contributed by atoms with Crippen LogP contribution < -0.4 is 5.32 Å². The Bertz CT molecular complexity index is 568. The second kappa shape index (κ2) is 6.16. The van der Waals surface area contributed by atoms with Crippen molar-refractivity contribution in [2.45, 2.75) is 19.4 Å². The van der Waals surface area contributed by atoms with Crippen LogP contribution in [-0.4, -0.2) is 24.7 Å². The molecule has 0 unspecified atom stereocenters. The van der Waals surface area contributed by atoms with Crippen LogP contribution in [0.15, 0.2) is 42.7 Å². The van der Waals surface area contributed by atoms with Crippen LogP contribution in [0.5, 0.6) is 0 Å². The summed E-state index contributed by atoms with van der Waals surface area (Å²) in [7, 11) is 0. The molecule has 0 bridgehead atoms. The molecule has 1 N–H and O–H groups in total. The summed E-state index contributed by atoms with van der Waals surface area (Å²) in [4.78, 5) is 4.10. The molecule has 0 saturated carbocycles. The van der Waals surface area contributed by atoms with Gasteiger partial charge >= 0.3 is 0 Å². The van der Waals surface area contributed by atoms with Crippen LogP contribution >= 0.6 is 0 Å². The van der Waals surface area contributed by atoms with Crippen LogP contribution in [0.4, 0.5) is 0 Å². The number of likely N-dealkylation sites (N-methyl/N-ethyl adjacent to an activating group) is 1. The van der Waals surface area contributed by atoms with Crippen molar-refractivity contribution in [3.63, 3.8) is 0 Å². The minimum Gasteiger partial charge on any atom is -0.372 e.